The molecule has 0 aromatic heterocycles. The minimum Gasteiger partial charge on any atom is -0.393 e. The van der Waals surface area contributed by atoms with Crippen LogP contribution in [0, 0.1) is 22.7 Å². The van der Waals surface area contributed by atoms with Crippen molar-refractivity contribution in [1.29, 1.82) is 0 Å². The number of rotatable bonds is 2. The van der Waals surface area contributed by atoms with E-state index in [1.54, 1.807) is 0 Å². The summed E-state index contributed by atoms with van der Waals surface area (Å²) in [6, 6.07) is 0. The van der Waals surface area contributed by atoms with Gasteiger partial charge in [0.15, 0.2) is 0 Å². The van der Waals surface area contributed by atoms with Gasteiger partial charge < -0.3 is 5.11 Å². The van der Waals surface area contributed by atoms with Gasteiger partial charge in [0.2, 0.25) is 0 Å². The van der Waals surface area contributed by atoms with E-state index >= 15 is 0 Å². The quantitative estimate of drug-likeness (QED) is 0.751. The van der Waals surface area contributed by atoms with Crippen molar-refractivity contribution in [3.8, 4) is 0 Å². The third-order valence-corrected chi connectivity index (χ3v) is 5.94. The topological polar surface area (TPSA) is 20.2 Å². The molecular formula is C15H28O. The smallest absolute Gasteiger partial charge is 0.0573 e. The van der Waals surface area contributed by atoms with Crippen LogP contribution < -0.4 is 0 Å². The molecule has 0 aromatic carbocycles. The van der Waals surface area contributed by atoms with Crippen molar-refractivity contribution in [2.24, 2.45) is 22.7 Å². The van der Waals surface area contributed by atoms with E-state index in [0.29, 0.717) is 16.7 Å². The average Bonchev–Trinajstić information content (AvgIpc) is 2.57. The number of fused-ring (bicyclic) bond motifs is 1. The molecule has 0 saturated heterocycles. The van der Waals surface area contributed by atoms with Crippen LogP contribution in [0.2, 0.25) is 0 Å². The Morgan fingerprint density at radius 1 is 1.25 bits per heavy atom. The van der Waals surface area contributed by atoms with Crippen LogP contribution in [0.1, 0.15) is 66.2 Å². The van der Waals surface area contributed by atoms with E-state index in [9.17, 15) is 5.11 Å². The lowest BCUT2D eigenvalue weighted by molar-refractivity contribution is -0.0438. The van der Waals surface area contributed by atoms with Gasteiger partial charge in [0, 0.05) is 0 Å². The van der Waals surface area contributed by atoms with Crippen LogP contribution in [0.15, 0.2) is 0 Å². The number of aliphatic hydroxyl groups is 1. The summed E-state index contributed by atoms with van der Waals surface area (Å²) in [5.74, 6) is 1.39. The SMILES string of the molecule is CCC(C)(C)[C@H]1CC[C@H]2[C@@H](O)CCC[C@]12C. The van der Waals surface area contributed by atoms with Gasteiger partial charge in [-0.3, -0.25) is 0 Å². The molecule has 0 spiro atoms. The molecule has 2 aliphatic carbocycles. The summed E-state index contributed by atoms with van der Waals surface area (Å²) in [7, 11) is 0. The second kappa shape index (κ2) is 4.01. The maximum atomic E-state index is 10.2. The van der Waals surface area contributed by atoms with Crippen LogP contribution in [-0.2, 0) is 0 Å². The molecule has 2 fully saturated rings. The lowest BCUT2D eigenvalue weighted by Crippen LogP contribution is -2.43. The summed E-state index contributed by atoms with van der Waals surface area (Å²) >= 11 is 0. The lowest BCUT2D eigenvalue weighted by atomic mass is 9.57. The van der Waals surface area contributed by atoms with Crippen LogP contribution in [0.5, 0.6) is 0 Å². The van der Waals surface area contributed by atoms with Crippen LogP contribution in [0.25, 0.3) is 0 Å². The summed E-state index contributed by atoms with van der Waals surface area (Å²) in [5, 5.41) is 10.2. The van der Waals surface area contributed by atoms with E-state index in [1.807, 2.05) is 0 Å². The second-order valence-corrected chi connectivity index (χ2v) is 7.04. The molecule has 16 heavy (non-hydrogen) atoms. The zero-order valence-corrected chi connectivity index (χ0v) is 11.4. The minimum absolute atomic E-state index is 0.0172. The maximum absolute atomic E-state index is 10.2. The van der Waals surface area contributed by atoms with Gasteiger partial charge in [0.25, 0.3) is 0 Å². The van der Waals surface area contributed by atoms with Gasteiger partial charge in [-0.25, -0.2) is 0 Å². The largest absolute Gasteiger partial charge is 0.393 e. The fraction of sp³-hybridized carbons (Fsp3) is 1.00. The molecule has 2 rings (SSSR count). The molecule has 0 heterocycles. The molecule has 0 aliphatic heterocycles. The molecule has 0 unspecified atom stereocenters. The molecule has 0 bridgehead atoms. The zero-order valence-electron chi connectivity index (χ0n) is 11.4. The summed E-state index contributed by atoms with van der Waals surface area (Å²) < 4.78 is 0. The van der Waals surface area contributed by atoms with Gasteiger partial charge in [0.1, 0.15) is 0 Å². The number of hydrogen-bond acceptors (Lipinski definition) is 1. The van der Waals surface area contributed by atoms with Crippen molar-refractivity contribution in [2.45, 2.75) is 72.3 Å². The van der Waals surface area contributed by atoms with Gasteiger partial charge in [-0.15, -0.1) is 0 Å². The highest BCUT2D eigenvalue weighted by molar-refractivity contribution is 5.04. The van der Waals surface area contributed by atoms with Gasteiger partial charge >= 0.3 is 0 Å². The molecule has 4 atom stereocenters. The predicted molar refractivity (Wildman–Crippen MR) is 68.3 cm³/mol. The summed E-state index contributed by atoms with van der Waals surface area (Å²) in [6.07, 6.45) is 7.43. The first-order valence-electron chi connectivity index (χ1n) is 7.10. The summed E-state index contributed by atoms with van der Waals surface area (Å²) in [6.45, 7) is 9.61. The molecule has 1 heteroatoms. The first-order valence-corrected chi connectivity index (χ1v) is 7.10. The van der Waals surface area contributed by atoms with Crippen LogP contribution in [0.3, 0.4) is 0 Å². The summed E-state index contributed by atoms with van der Waals surface area (Å²) in [5.41, 5.74) is 0.859. The van der Waals surface area contributed by atoms with E-state index in [2.05, 4.69) is 27.7 Å². The molecule has 0 radical (unpaired) electrons. The van der Waals surface area contributed by atoms with Crippen LogP contribution >= 0.6 is 0 Å². The highest BCUT2D eigenvalue weighted by Crippen LogP contribution is 2.61. The molecular weight excluding hydrogens is 196 g/mol. The maximum Gasteiger partial charge on any atom is 0.0573 e. The Kier molecular flexibility index (Phi) is 3.11. The first-order chi connectivity index (χ1) is 7.42. The Labute approximate surface area is 101 Å². The fourth-order valence-electron chi connectivity index (χ4n) is 4.68. The Morgan fingerprint density at radius 2 is 1.94 bits per heavy atom. The third-order valence-electron chi connectivity index (χ3n) is 5.94. The van der Waals surface area contributed by atoms with E-state index in [4.69, 9.17) is 0 Å². The van der Waals surface area contributed by atoms with Crippen molar-refractivity contribution in [2.75, 3.05) is 0 Å². The Bertz CT molecular complexity index is 258. The molecule has 0 amide bonds. The lowest BCUT2D eigenvalue weighted by Gasteiger charge is -2.48. The van der Waals surface area contributed by atoms with E-state index in [0.717, 1.165) is 12.3 Å². The molecule has 1 N–H and O–H groups in total. The minimum atomic E-state index is -0.0172. The van der Waals surface area contributed by atoms with Gasteiger partial charge in [-0.1, -0.05) is 40.5 Å². The highest BCUT2D eigenvalue weighted by atomic mass is 16.3. The number of hydrogen-bond donors (Lipinski definition) is 1. The Balaban J connectivity index is 2.24. The monoisotopic (exact) mass is 224 g/mol. The van der Waals surface area contributed by atoms with Gasteiger partial charge in [-0.2, -0.15) is 0 Å². The van der Waals surface area contributed by atoms with Gasteiger partial charge in [-0.05, 0) is 48.3 Å². The normalized spacial score (nSPS) is 44.4. The van der Waals surface area contributed by atoms with E-state index < -0.39 is 0 Å². The first kappa shape index (κ1) is 12.4. The Morgan fingerprint density at radius 3 is 2.56 bits per heavy atom. The number of aliphatic hydroxyl groups excluding tert-OH is 1. The molecule has 1 nitrogen and oxygen atoms in total. The average molecular weight is 224 g/mol. The third kappa shape index (κ3) is 1.72. The van der Waals surface area contributed by atoms with Crippen LogP contribution in [-0.4, -0.2) is 11.2 Å². The van der Waals surface area contributed by atoms with Crippen molar-refractivity contribution in [1.82, 2.24) is 0 Å². The van der Waals surface area contributed by atoms with E-state index in [1.165, 1.54) is 32.1 Å². The van der Waals surface area contributed by atoms with Crippen molar-refractivity contribution in [3.63, 3.8) is 0 Å². The molecule has 94 valence electrons. The molecule has 2 aliphatic rings. The van der Waals surface area contributed by atoms with Crippen molar-refractivity contribution < 1.29 is 5.11 Å². The van der Waals surface area contributed by atoms with Gasteiger partial charge in [0.05, 0.1) is 6.10 Å². The predicted octanol–water partition coefficient (Wildman–Crippen LogP) is 4.00. The molecule has 0 aromatic rings. The van der Waals surface area contributed by atoms with Crippen molar-refractivity contribution in [3.05, 3.63) is 0 Å². The second-order valence-electron chi connectivity index (χ2n) is 7.04. The van der Waals surface area contributed by atoms with E-state index in [-0.39, 0.29) is 6.10 Å². The highest BCUT2D eigenvalue weighted by Gasteiger charge is 2.54. The zero-order chi connectivity index (χ0) is 12.0. The standard InChI is InChI=1S/C15H28O/c1-5-14(2,3)13-9-8-11-12(16)7-6-10-15(11,13)4/h11-13,16H,5-10H2,1-4H3/t11-,12-,13+,15-/m0/s1. The van der Waals surface area contributed by atoms with Crippen molar-refractivity contribution >= 4 is 0 Å². The Hall–Kier alpha value is -0.0400. The fourth-order valence-corrected chi connectivity index (χ4v) is 4.68. The summed E-state index contributed by atoms with van der Waals surface area (Å²) in [4.78, 5) is 0. The van der Waals surface area contributed by atoms with Crippen LogP contribution in [0.4, 0.5) is 0 Å². The molecule has 2 saturated carbocycles.